The first-order valence-electron chi connectivity index (χ1n) is 5.45. The molecular formula is C12H10ClF3O2. The minimum Gasteiger partial charge on any atom is -0.485 e. The molecule has 2 atom stereocenters. The number of alkyl halides is 3. The summed E-state index contributed by atoms with van der Waals surface area (Å²) in [6.07, 6.45) is -4.97. The lowest BCUT2D eigenvalue weighted by atomic mass is 9.93. The van der Waals surface area contributed by atoms with Crippen LogP contribution in [0.1, 0.15) is 31.1 Å². The number of ether oxygens (including phenoxy) is 2. The Balaban J connectivity index is 2.11. The fraction of sp³-hybridized carbons (Fsp3) is 0.500. The van der Waals surface area contributed by atoms with Crippen LogP contribution < -0.4 is 4.74 Å². The molecule has 1 fully saturated rings. The summed E-state index contributed by atoms with van der Waals surface area (Å²) >= 11 is 5.66. The van der Waals surface area contributed by atoms with Crippen molar-refractivity contribution in [1.82, 2.24) is 0 Å². The lowest BCUT2D eigenvalue weighted by molar-refractivity contribution is -0.137. The van der Waals surface area contributed by atoms with Gasteiger partial charge in [0.2, 0.25) is 0 Å². The summed E-state index contributed by atoms with van der Waals surface area (Å²) in [5.41, 5.74) is -0.961. The van der Waals surface area contributed by atoms with Crippen LogP contribution in [0.3, 0.4) is 0 Å². The first-order valence-corrected chi connectivity index (χ1v) is 5.83. The number of hydrogen-bond donors (Lipinski definition) is 0. The van der Waals surface area contributed by atoms with E-state index >= 15 is 0 Å². The number of benzene rings is 1. The summed E-state index contributed by atoms with van der Waals surface area (Å²) < 4.78 is 49.3. The van der Waals surface area contributed by atoms with Crippen LogP contribution in [0.4, 0.5) is 13.2 Å². The molecule has 1 saturated heterocycles. The summed E-state index contributed by atoms with van der Waals surface area (Å²) in [6, 6.07) is 2.25. The van der Waals surface area contributed by atoms with Gasteiger partial charge in [0.25, 0.3) is 0 Å². The zero-order valence-electron chi connectivity index (χ0n) is 9.64. The molecule has 0 saturated carbocycles. The molecule has 0 radical (unpaired) electrons. The quantitative estimate of drug-likeness (QED) is 0.670. The summed E-state index contributed by atoms with van der Waals surface area (Å²) in [6.45, 7) is 3.68. The predicted octanol–water partition coefficient (Wildman–Crippen LogP) is 3.97. The van der Waals surface area contributed by atoms with Crippen molar-refractivity contribution in [3.63, 3.8) is 0 Å². The van der Waals surface area contributed by atoms with E-state index in [2.05, 4.69) is 0 Å². The van der Waals surface area contributed by atoms with Gasteiger partial charge in [-0.3, -0.25) is 0 Å². The van der Waals surface area contributed by atoms with Crippen molar-refractivity contribution in [1.29, 1.82) is 0 Å². The first kappa shape index (κ1) is 12.1. The van der Waals surface area contributed by atoms with E-state index in [9.17, 15) is 13.2 Å². The molecule has 0 spiro atoms. The van der Waals surface area contributed by atoms with Crippen LogP contribution in [0.15, 0.2) is 12.1 Å². The van der Waals surface area contributed by atoms with Crippen molar-refractivity contribution in [2.75, 3.05) is 0 Å². The number of hydrogen-bond acceptors (Lipinski definition) is 2. The zero-order valence-corrected chi connectivity index (χ0v) is 10.4. The molecule has 0 bridgehead atoms. The van der Waals surface area contributed by atoms with Crippen molar-refractivity contribution in [2.45, 2.75) is 37.8 Å². The van der Waals surface area contributed by atoms with E-state index in [1.165, 1.54) is 6.07 Å². The molecule has 98 valence electrons. The fourth-order valence-corrected chi connectivity index (χ4v) is 2.58. The van der Waals surface area contributed by atoms with Crippen molar-refractivity contribution < 1.29 is 22.6 Å². The Labute approximate surface area is 107 Å². The zero-order chi connectivity index (χ0) is 13.3. The van der Waals surface area contributed by atoms with Gasteiger partial charge in [0, 0.05) is 5.56 Å². The van der Waals surface area contributed by atoms with Gasteiger partial charge >= 0.3 is 6.18 Å². The third kappa shape index (κ3) is 1.68. The van der Waals surface area contributed by atoms with Gasteiger partial charge in [-0.15, -0.1) is 0 Å². The monoisotopic (exact) mass is 278 g/mol. The predicted molar refractivity (Wildman–Crippen MR) is 58.8 cm³/mol. The SMILES string of the molecule is CC1(C)Oc2cc(Cl)c(C(F)(F)F)cc2[C@H]2O[C@H]21. The van der Waals surface area contributed by atoms with Crippen molar-refractivity contribution >= 4 is 11.6 Å². The highest BCUT2D eigenvalue weighted by atomic mass is 35.5. The average Bonchev–Trinajstić information content (AvgIpc) is 2.94. The second-order valence-electron chi connectivity index (χ2n) is 5.05. The van der Waals surface area contributed by atoms with Gasteiger partial charge in [0.15, 0.2) is 0 Å². The maximum atomic E-state index is 12.7. The van der Waals surface area contributed by atoms with Gasteiger partial charge in [-0.05, 0) is 26.0 Å². The van der Waals surface area contributed by atoms with Crippen LogP contribution in [0.25, 0.3) is 0 Å². The highest BCUT2D eigenvalue weighted by Crippen LogP contribution is 2.55. The maximum absolute atomic E-state index is 12.7. The van der Waals surface area contributed by atoms with Crippen LogP contribution in [-0.4, -0.2) is 11.7 Å². The van der Waals surface area contributed by atoms with Crippen LogP contribution in [0, 0.1) is 0 Å². The number of fused-ring (bicyclic) bond motifs is 3. The van der Waals surface area contributed by atoms with Gasteiger partial charge in [-0.1, -0.05) is 11.6 Å². The van der Waals surface area contributed by atoms with E-state index in [4.69, 9.17) is 21.1 Å². The van der Waals surface area contributed by atoms with Crippen LogP contribution in [0.2, 0.25) is 5.02 Å². The van der Waals surface area contributed by atoms with E-state index in [0.29, 0.717) is 11.3 Å². The second-order valence-corrected chi connectivity index (χ2v) is 5.46. The van der Waals surface area contributed by atoms with Crippen LogP contribution in [0.5, 0.6) is 5.75 Å². The summed E-state index contributed by atoms with van der Waals surface area (Å²) in [4.78, 5) is 0. The Morgan fingerprint density at radius 1 is 1.28 bits per heavy atom. The summed E-state index contributed by atoms with van der Waals surface area (Å²) in [5.74, 6) is 0.372. The number of epoxide rings is 1. The lowest BCUT2D eigenvalue weighted by Gasteiger charge is -2.30. The minimum absolute atomic E-state index is 0.188. The Kier molecular flexibility index (Phi) is 2.24. The molecule has 2 aliphatic heterocycles. The van der Waals surface area contributed by atoms with Gasteiger partial charge in [0.1, 0.15) is 23.6 Å². The largest absolute Gasteiger partial charge is 0.485 e. The average molecular weight is 279 g/mol. The standard InChI is InChI=1S/C12H10ClF3O2/c1-11(2)10-9(17-10)5-3-6(12(14,15)16)7(13)4-8(5)18-11/h3-4,9-10H,1-2H3/t9-,10-/m1/s1. The highest BCUT2D eigenvalue weighted by Gasteiger charge is 2.57. The molecule has 0 N–H and O–H groups in total. The van der Waals surface area contributed by atoms with Crippen LogP contribution >= 0.6 is 11.6 Å². The smallest absolute Gasteiger partial charge is 0.417 e. The third-order valence-corrected chi connectivity index (χ3v) is 3.57. The van der Waals surface area contributed by atoms with E-state index in [-0.39, 0.29) is 17.2 Å². The van der Waals surface area contributed by atoms with Crippen LogP contribution in [-0.2, 0) is 10.9 Å². The Morgan fingerprint density at radius 3 is 2.56 bits per heavy atom. The molecule has 6 heteroatoms. The molecule has 0 amide bonds. The fourth-order valence-electron chi connectivity index (χ4n) is 2.32. The van der Waals surface area contributed by atoms with Crippen molar-refractivity contribution in [2.24, 2.45) is 0 Å². The third-order valence-electron chi connectivity index (χ3n) is 3.26. The van der Waals surface area contributed by atoms with Gasteiger partial charge in [0.05, 0.1) is 10.6 Å². The molecule has 2 aliphatic rings. The minimum atomic E-state index is -4.47. The van der Waals surface area contributed by atoms with Crippen molar-refractivity contribution in [3.8, 4) is 5.75 Å². The first-order chi connectivity index (χ1) is 8.20. The molecule has 2 heterocycles. The lowest BCUT2D eigenvalue weighted by Crippen LogP contribution is -2.37. The van der Waals surface area contributed by atoms with E-state index in [0.717, 1.165) is 6.07 Å². The van der Waals surface area contributed by atoms with Crippen molar-refractivity contribution in [3.05, 3.63) is 28.3 Å². The molecular weight excluding hydrogens is 269 g/mol. The Hall–Kier alpha value is -0.940. The van der Waals surface area contributed by atoms with E-state index in [1.807, 2.05) is 13.8 Å². The number of halogens is 4. The number of rotatable bonds is 0. The highest BCUT2D eigenvalue weighted by molar-refractivity contribution is 6.31. The molecule has 3 rings (SSSR count). The topological polar surface area (TPSA) is 21.8 Å². The molecule has 2 nitrogen and oxygen atoms in total. The van der Waals surface area contributed by atoms with Gasteiger partial charge in [-0.25, -0.2) is 0 Å². The molecule has 1 aromatic carbocycles. The summed E-state index contributed by atoms with van der Waals surface area (Å²) in [5, 5.41) is -0.351. The van der Waals surface area contributed by atoms with Gasteiger partial charge < -0.3 is 9.47 Å². The maximum Gasteiger partial charge on any atom is 0.417 e. The molecule has 1 aromatic rings. The Morgan fingerprint density at radius 2 is 1.94 bits per heavy atom. The van der Waals surface area contributed by atoms with E-state index in [1.54, 1.807) is 0 Å². The van der Waals surface area contributed by atoms with E-state index < -0.39 is 17.3 Å². The normalized spacial score (nSPS) is 28.1. The molecule has 0 aliphatic carbocycles. The molecule has 0 aromatic heterocycles. The second kappa shape index (κ2) is 3.33. The summed E-state index contributed by atoms with van der Waals surface area (Å²) in [7, 11) is 0. The Bertz CT molecular complexity index is 525. The van der Waals surface area contributed by atoms with Gasteiger partial charge in [-0.2, -0.15) is 13.2 Å². The molecule has 18 heavy (non-hydrogen) atoms. The molecule has 0 unspecified atom stereocenters.